The topological polar surface area (TPSA) is 72.9 Å². The zero-order valence-corrected chi connectivity index (χ0v) is 24.9. The van der Waals surface area contributed by atoms with E-state index >= 15 is 0 Å². The molecule has 0 aromatic rings. The highest BCUT2D eigenvalue weighted by atomic mass is 16.5. The van der Waals surface area contributed by atoms with Crippen molar-refractivity contribution in [2.45, 2.75) is 96.9 Å². The fourth-order valence-corrected chi connectivity index (χ4v) is 7.07. The van der Waals surface area contributed by atoms with Crippen LogP contribution in [0.15, 0.2) is 48.6 Å². The van der Waals surface area contributed by atoms with Crippen LogP contribution in [0.5, 0.6) is 0 Å². The van der Waals surface area contributed by atoms with Crippen LogP contribution in [0.4, 0.5) is 0 Å². The van der Waals surface area contributed by atoms with E-state index in [1.165, 1.54) is 25.0 Å². The van der Waals surface area contributed by atoms with Crippen molar-refractivity contribution in [3.63, 3.8) is 0 Å². The van der Waals surface area contributed by atoms with Crippen LogP contribution in [-0.2, 0) is 23.9 Å². The van der Waals surface area contributed by atoms with Crippen LogP contribution in [0.1, 0.15) is 90.9 Å². The molecule has 0 heterocycles. The second-order valence-corrected chi connectivity index (χ2v) is 11.8. The largest absolute Gasteiger partial charge is 0.463 e. The second kappa shape index (κ2) is 16.7. The van der Waals surface area contributed by atoms with Gasteiger partial charge in [0, 0.05) is 24.7 Å². The number of ketones is 1. The van der Waals surface area contributed by atoms with Crippen molar-refractivity contribution in [3.8, 4) is 0 Å². The van der Waals surface area contributed by atoms with Crippen molar-refractivity contribution < 1.29 is 23.9 Å². The molecule has 1 unspecified atom stereocenters. The van der Waals surface area contributed by atoms with Crippen LogP contribution in [-0.4, -0.2) is 55.0 Å². The highest BCUT2D eigenvalue weighted by molar-refractivity contribution is 6.10. The number of esters is 2. The molecule has 3 aliphatic carbocycles. The van der Waals surface area contributed by atoms with Gasteiger partial charge >= 0.3 is 11.9 Å². The average molecular weight is 554 g/mol. The van der Waals surface area contributed by atoms with Gasteiger partial charge in [-0.1, -0.05) is 45.6 Å². The summed E-state index contributed by atoms with van der Waals surface area (Å²) < 4.78 is 10.4. The molecule has 6 heteroatoms. The molecule has 40 heavy (non-hydrogen) atoms. The van der Waals surface area contributed by atoms with Crippen molar-refractivity contribution in [1.29, 1.82) is 0 Å². The van der Waals surface area contributed by atoms with Crippen LogP contribution in [0, 0.1) is 23.7 Å². The minimum Gasteiger partial charge on any atom is -0.463 e. The standard InChI is InChI=1S/C34H51NO5/c1-5-27(19-21-39-32(36)6-2)28-13-9-25(10-14-28)23-29-15-16-30(34(29)38)24-26-11-17-31(18-12-26)35(8-4)20-22-40-33(37)7-3/h6-7,23-28,31H,2-3,5,8-22H2,1,4H3. The lowest BCUT2D eigenvalue weighted by molar-refractivity contribution is -0.139. The fraction of sp³-hybridized carbons (Fsp3) is 0.676. The van der Waals surface area contributed by atoms with Crippen LogP contribution in [0.25, 0.3) is 0 Å². The summed E-state index contributed by atoms with van der Waals surface area (Å²) in [6.45, 7) is 13.9. The third-order valence-electron chi connectivity index (χ3n) is 9.48. The van der Waals surface area contributed by atoms with Crippen LogP contribution < -0.4 is 0 Å². The number of Topliss-reactive ketones (excluding diaryl/α,β-unsaturated/α-hetero) is 1. The maximum Gasteiger partial charge on any atom is 0.330 e. The van der Waals surface area contributed by atoms with E-state index in [1.54, 1.807) is 0 Å². The predicted molar refractivity (Wildman–Crippen MR) is 160 cm³/mol. The molecule has 1 atom stereocenters. The van der Waals surface area contributed by atoms with Gasteiger partial charge in [-0.25, -0.2) is 9.59 Å². The monoisotopic (exact) mass is 553 g/mol. The summed E-state index contributed by atoms with van der Waals surface area (Å²) in [5.74, 6) is 1.85. The Hall–Kier alpha value is -2.47. The molecule has 3 aliphatic rings. The summed E-state index contributed by atoms with van der Waals surface area (Å²) in [7, 11) is 0. The summed E-state index contributed by atoms with van der Waals surface area (Å²) in [6.07, 6.45) is 20.0. The molecule has 0 aromatic heterocycles. The molecule has 0 N–H and O–H groups in total. The molecule has 0 saturated heterocycles. The molecular formula is C34H51NO5. The van der Waals surface area contributed by atoms with E-state index in [0.29, 0.717) is 48.7 Å². The zero-order chi connectivity index (χ0) is 28.9. The number of hydrogen-bond donors (Lipinski definition) is 0. The van der Waals surface area contributed by atoms with Crippen molar-refractivity contribution in [1.82, 2.24) is 4.90 Å². The first-order chi connectivity index (χ1) is 19.4. The lowest BCUT2D eigenvalue weighted by Crippen LogP contribution is -2.40. The van der Waals surface area contributed by atoms with Gasteiger partial charge in [-0.05, 0) is 112 Å². The first kappa shape index (κ1) is 32.0. The van der Waals surface area contributed by atoms with Crippen LogP contribution >= 0.6 is 0 Å². The smallest absolute Gasteiger partial charge is 0.330 e. The molecule has 0 aliphatic heterocycles. The Labute approximate surface area is 241 Å². The van der Waals surface area contributed by atoms with E-state index in [0.717, 1.165) is 88.4 Å². The van der Waals surface area contributed by atoms with E-state index in [4.69, 9.17) is 9.47 Å². The van der Waals surface area contributed by atoms with E-state index in [1.807, 2.05) is 0 Å². The Kier molecular flexibility index (Phi) is 13.4. The number of rotatable bonds is 14. The number of nitrogens with zero attached hydrogens (tertiary/aromatic N) is 1. The van der Waals surface area contributed by atoms with Gasteiger partial charge in [0.25, 0.3) is 0 Å². The third kappa shape index (κ3) is 9.57. The first-order valence-electron chi connectivity index (χ1n) is 15.7. The van der Waals surface area contributed by atoms with Gasteiger partial charge in [0.05, 0.1) is 6.61 Å². The van der Waals surface area contributed by atoms with Gasteiger partial charge in [-0.2, -0.15) is 0 Å². The molecule has 0 bridgehead atoms. The number of carbonyl (C=O) groups is 3. The Morgan fingerprint density at radius 3 is 1.88 bits per heavy atom. The fourth-order valence-electron chi connectivity index (χ4n) is 7.07. The van der Waals surface area contributed by atoms with E-state index in [2.05, 4.69) is 44.1 Å². The van der Waals surface area contributed by atoms with Gasteiger partial charge in [0.2, 0.25) is 0 Å². The van der Waals surface area contributed by atoms with Gasteiger partial charge in [0.15, 0.2) is 5.78 Å². The minimum absolute atomic E-state index is 0.291. The minimum atomic E-state index is -0.362. The summed E-state index contributed by atoms with van der Waals surface area (Å²) in [5.41, 5.74) is 2.07. The number of hydrogen-bond acceptors (Lipinski definition) is 6. The Balaban J connectivity index is 1.43. The number of carbonyl (C=O) groups excluding carboxylic acids is 3. The molecule has 0 spiro atoms. The summed E-state index contributed by atoms with van der Waals surface area (Å²) >= 11 is 0. The van der Waals surface area contributed by atoms with Crippen molar-refractivity contribution in [2.75, 3.05) is 26.3 Å². The van der Waals surface area contributed by atoms with Crippen LogP contribution in [0.2, 0.25) is 0 Å². The maximum absolute atomic E-state index is 13.2. The molecule has 0 aromatic carbocycles. The maximum atomic E-state index is 13.2. The van der Waals surface area contributed by atoms with Gasteiger partial charge < -0.3 is 9.47 Å². The highest BCUT2D eigenvalue weighted by Gasteiger charge is 2.30. The van der Waals surface area contributed by atoms with Gasteiger partial charge in [0.1, 0.15) is 6.61 Å². The first-order valence-corrected chi connectivity index (χ1v) is 15.7. The Morgan fingerprint density at radius 2 is 1.38 bits per heavy atom. The summed E-state index contributed by atoms with van der Waals surface area (Å²) in [5, 5.41) is 0. The molecule has 3 fully saturated rings. The molecule has 3 saturated carbocycles. The lowest BCUT2D eigenvalue weighted by Gasteiger charge is -2.35. The van der Waals surface area contributed by atoms with Crippen molar-refractivity contribution in [3.05, 3.63) is 48.6 Å². The number of likely N-dealkylation sites (N-methyl/N-ethyl adjacent to an activating group) is 1. The number of ether oxygens (including phenoxy) is 2. The second-order valence-electron chi connectivity index (χ2n) is 11.8. The molecule has 0 radical (unpaired) electrons. The summed E-state index contributed by atoms with van der Waals surface area (Å²) in [4.78, 5) is 38.3. The van der Waals surface area contributed by atoms with Crippen molar-refractivity contribution >= 4 is 17.7 Å². The van der Waals surface area contributed by atoms with Gasteiger partial charge in [-0.3, -0.25) is 9.69 Å². The molecule has 0 amide bonds. The average Bonchev–Trinajstić information content (AvgIpc) is 3.32. The number of allylic oxidation sites excluding steroid dienone is 4. The van der Waals surface area contributed by atoms with Crippen LogP contribution in [0.3, 0.4) is 0 Å². The zero-order valence-electron chi connectivity index (χ0n) is 24.9. The summed E-state index contributed by atoms with van der Waals surface area (Å²) in [6, 6.07) is 0.515. The van der Waals surface area contributed by atoms with E-state index in [-0.39, 0.29) is 11.9 Å². The molecule has 6 nitrogen and oxygen atoms in total. The highest BCUT2D eigenvalue weighted by Crippen LogP contribution is 2.39. The van der Waals surface area contributed by atoms with E-state index < -0.39 is 0 Å². The normalized spacial score (nSPS) is 28.0. The predicted octanol–water partition coefficient (Wildman–Crippen LogP) is 6.76. The third-order valence-corrected chi connectivity index (χ3v) is 9.48. The van der Waals surface area contributed by atoms with Crippen molar-refractivity contribution in [2.24, 2.45) is 23.7 Å². The molecular weight excluding hydrogens is 502 g/mol. The van der Waals surface area contributed by atoms with Gasteiger partial charge in [-0.15, -0.1) is 0 Å². The quantitative estimate of drug-likeness (QED) is 0.175. The van der Waals surface area contributed by atoms with E-state index in [9.17, 15) is 14.4 Å². The SMILES string of the molecule is C=CC(=O)OCCC(CC)C1CCC(C=C2CCC(=CC3CCC(N(CC)CCOC(=O)C=C)CC3)C2=O)CC1. The molecule has 3 rings (SSSR count). The molecule has 222 valence electrons. The lowest BCUT2D eigenvalue weighted by atomic mass is 9.73. The Morgan fingerprint density at radius 1 is 0.850 bits per heavy atom. The Bertz CT molecular complexity index is 860.